The minimum atomic E-state index is -0.618. The third-order valence-electron chi connectivity index (χ3n) is 2.19. The highest BCUT2D eigenvalue weighted by atomic mass is 16.5. The van der Waals surface area contributed by atoms with Gasteiger partial charge in [0.2, 0.25) is 0 Å². The molecule has 0 aliphatic carbocycles. The Morgan fingerprint density at radius 1 is 1.44 bits per heavy atom. The van der Waals surface area contributed by atoms with Crippen molar-refractivity contribution < 1.29 is 14.3 Å². The molecule has 0 spiro atoms. The van der Waals surface area contributed by atoms with E-state index in [1.54, 1.807) is 14.0 Å². The zero-order valence-electron chi connectivity index (χ0n) is 9.62. The van der Waals surface area contributed by atoms with E-state index in [1.165, 1.54) is 13.2 Å². The molecular formula is C11H15NO4. The zero-order chi connectivity index (χ0) is 12.1. The van der Waals surface area contributed by atoms with Gasteiger partial charge in [0.15, 0.2) is 5.43 Å². The van der Waals surface area contributed by atoms with Gasteiger partial charge in [-0.2, -0.15) is 0 Å². The highest BCUT2D eigenvalue weighted by Gasteiger charge is 2.16. The number of methoxy groups -OCH3 is 2. The van der Waals surface area contributed by atoms with Crippen molar-refractivity contribution in [2.24, 2.45) is 0 Å². The molecular weight excluding hydrogens is 210 g/mol. The van der Waals surface area contributed by atoms with Crippen molar-refractivity contribution in [3.05, 3.63) is 33.2 Å². The molecule has 0 aliphatic heterocycles. The van der Waals surface area contributed by atoms with Crippen LogP contribution in [0.15, 0.2) is 10.9 Å². The standard InChI is InChI=1S/C11H15NO4/c1-7-6-9(13)10(11(14)16-3)8(12-7)4-5-15-2/h6H,4-5H2,1-3H3,(H,12,13). The van der Waals surface area contributed by atoms with Crippen LogP contribution in [0.25, 0.3) is 0 Å². The number of nitrogens with one attached hydrogen (secondary N) is 1. The highest BCUT2D eigenvalue weighted by Crippen LogP contribution is 2.05. The number of hydrogen-bond acceptors (Lipinski definition) is 4. The van der Waals surface area contributed by atoms with Gasteiger partial charge in [0.1, 0.15) is 5.56 Å². The van der Waals surface area contributed by atoms with Crippen LogP contribution in [0.5, 0.6) is 0 Å². The molecule has 5 heteroatoms. The van der Waals surface area contributed by atoms with Gasteiger partial charge in [-0.15, -0.1) is 0 Å². The molecule has 5 nitrogen and oxygen atoms in total. The number of carbonyl (C=O) groups excluding carboxylic acids is 1. The summed E-state index contributed by atoms with van der Waals surface area (Å²) < 4.78 is 9.50. The second kappa shape index (κ2) is 5.46. The summed E-state index contributed by atoms with van der Waals surface area (Å²) in [4.78, 5) is 26.1. The first kappa shape index (κ1) is 12.4. The molecule has 0 aliphatic rings. The SMILES string of the molecule is COCCc1[nH]c(C)cc(=O)c1C(=O)OC. The third kappa shape index (κ3) is 2.70. The molecule has 1 heterocycles. The van der Waals surface area contributed by atoms with Crippen molar-refractivity contribution in [3.63, 3.8) is 0 Å². The van der Waals surface area contributed by atoms with E-state index in [1.807, 2.05) is 0 Å². The topological polar surface area (TPSA) is 68.4 Å². The van der Waals surface area contributed by atoms with Crippen LogP contribution in [0.1, 0.15) is 21.7 Å². The fraction of sp³-hybridized carbons (Fsp3) is 0.455. The lowest BCUT2D eigenvalue weighted by molar-refractivity contribution is 0.0597. The zero-order valence-corrected chi connectivity index (χ0v) is 9.62. The Balaban J connectivity index is 3.21. The number of esters is 1. The number of carbonyl (C=O) groups is 1. The molecule has 0 atom stereocenters. The molecule has 88 valence electrons. The van der Waals surface area contributed by atoms with Gasteiger partial charge in [0, 0.05) is 31.0 Å². The van der Waals surface area contributed by atoms with E-state index in [9.17, 15) is 9.59 Å². The minimum absolute atomic E-state index is 0.0603. The maximum atomic E-state index is 11.7. The maximum Gasteiger partial charge on any atom is 0.343 e. The first-order valence-electron chi connectivity index (χ1n) is 4.90. The normalized spacial score (nSPS) is 10.2. The van der Waals surface area contributed by atoms with Crippen LogP contribution in [0.3, 0.4) is 0 Å². The molecule has 1 N–H and O–H groups in total. The van der Waals surface area contributed by atoms with Gasteiger partial charge in [-0.1, -0.05) is 0 Å². The molecule has 1 aromatic heterocycles. The van der Waals surface area contributed by atoms with Gasteiger partial charge in [-0.3, -0.25) is 4.79 Å². The van der Waals surface area contributed by atoms with Crippen LogP contribution in [-0.2, 0) is 15.9 Å². The summed E-state index contributed by atoms with van der Waals surface area (Å²) in [7, 11) is 2.81. The Hall–Kier alpha value is -1.62. The van der Waals surface area contributed by atoms with Crippen LogP contribution >= 0.6 is 0 Å². The van der Waals surface area contributed by atoms with E-state index in [0.29, 0.717) is 24.4 Å². The Morgan fingerprint density at radius 3 is 2.69 bits per heavy atom. The lowest BCUT2D eigenvalue weighted by Gasteiger charge is -2.08. The fourth-order valence-electron chi connectivity index (χ4n) is 1.47. The largest absolute Gasteiger partial charge is 0.465 e. The van der Waals surface area contributed by atoms with Gasteiger partial charge in [0.05, 0.1) is 13.7 Å². The molecule has 0 aromatic carbocycles. The molecule has 0 amide bonds. The third-order valence-corrected chi connectivity index (χ3v) is 2.19. The van der Waals surface area contributed by atoms with Crippen molar-refractivity contribution in [3.8, 4) is 0 Å². The molecule has 1 aromatic rings. The first-order chi connectivity index (χ1) is 7.60. The van der Waals surface area contributed by atoms with E-state index >= 15 is 0 Å². The molecule has 0 radical (unpaired) electrons. The van der Waals surface area contributed by atoms with E-state index < -0.39 is 5.97 Å². The molecule has 0 saturated carbocycles. The minimum Gasteiger partial charge on any atom is -0.465 e. The summed E-state index contributed by atoms with van der Waals surface area (Å²) in [5.41, 5.74) is 1.00. The Labute approximate surface area is 93.4 Å². The van der Waals surface area contributed by atoms with Gasteiger partial charge < -0.3 is 14.5 Å². The van der Waals surface area contributed by atoms with E-state index in [0.717, 1.165) is 0 Å². The van der Waals surface area contributed by atoms with E-state index in [-0.39, 0.29) is 11.0 Å². The smallest absolute Gasteiger partial charge is 0.343 e. The van der Waals surface area contributed by atoms with Crippen LogP contribution in [-0.4, -0.2) is 31.8 Å². The van der Waals surface area contributed by atoms with Crippen molar-refractivity contribution in [2.75, 3.05) is 20.8 Å². The summed E-state index contributed by atoms with van der Waals surface area (Å²) in [6, 6.07) is 1.38. The predicted molar refractivity (Wildman–Crippen MR) is 58.7 cm³/mol. The van der Waals surface area contributed by atoms with Crippen molar-refractivity contribution in [1.29, 1.82) is 0 Å². The molecule has 0 saturated heterocycles. The number of rotatable bonds is 4. The lowest BCUT2D eigenvalue weighted by atomic mass is 10.1. The second-order valence-electron chi connectivity index (χ2n) is 3.40. The summed E-state index contributed by atoms with van der Waals surface area (Å²) >= 11 is 0. The molecule has 16 heavy (non-hydrogen) atoms. The summed E-state index contributed by atoms with van der Waals surface area (Å²) in [5.74, 6) is -0.618. The van der Waals surface area contributed by atoms with E-state index in [2.05, 4.69) is 9.72 Å². The van der Waals surface area contributed by atoms with Crippen molar-refractivity contribution >= 4 is 5.97 Å². The first-order valence-corrected chi connectivity index (χ1v) is 4.90. The second-order valence-corrected chi connectivity index (χ2v) is 3.40. The molecule has 0 fully saturated rings. The Bertz CT molecular complexity index is 436. The predicted octanol–water partition coefficient (Wildman–Crippen LogP) is 0.659. The number of ether oxygens (including phenoxy) is 2. The highest BCUT2D eigenvalue weighted by molar-refractivity contribution is 5.90. The number of aromatic nitrogens is 1. The Morgan fingerprint density at radius 2 is 2.12 bits per heavy atom. The van der Waals surface area contributed by atoms with E-state index in [4.69, 9.17) is 4.74 Å². The van der Waals surface area contributed by atoms with Crippen molar-refractivity contribution in [1.82, 2.24) is 4.98 Å². The Kier molecular flexibility index (Phi) is 4.25. The van der Waals surface area contributed by atoms with Crippen LogP contribution in [0.4, 0.5) is 0 Å². The average molecular weight is 225 g/mol. The van der Waals surface area contributed by atoms with Crippen molar-refractivity contribution in [2.45, 2.75) is 13.3 Å². The van der Waals surface area contributed by atoms with Crippen LogP contribution < -0.4 is 5.43 Å². The maximum absolute atomic E-state index is 11.7. The number of pyridine rings is 1. The van der Waals surface area contributed by atoms with Gasteiger partial charge in [-0.25, -0.2) is 4.79 Å². The quantitative estimate of drug-likeness (QED) is 0.764. The van der Waals surface area contributed by atoms with Gasteiger partial charge in [-0.05, 0) is 6.92 Å². The average Bonchev–Trinajstić information content (AvgIpc) is 2.24. The van der Waals surface area contributed by atoms with Crippen LogP contribution in [0.2, 0.25) is 0 Å². The summed E-state index contributed by atoms with van der Waals surface area (Å²) in [6.45, 7) is 2.20. The lowest BCUT2D eigenvalue weighted by Crippen LogP contribution is -2.21. The fourth-order valence-corrected chi connectivity index (χ4v) is 1.47. The van der Waals surface area contributed by atoms with Crippen LogP contribution in [0, 0.1) is 6.92 Å². The number of aryl methyl sites for hydroxylation is 1. The monoisotopic (exact) mass is 225 g/mol. The number of hydrogen-bond donors (Lipinski definition) is 1. The summed E-state index contributed by atoms with van der Waals surface area (Å²) in [5, 5.41) is 0. The number of H-pyrrole nitrogens is 1. The molecule has 1 rings (SSSR count). The van der Waals surface area contributed by atoms with Gasteiger partial charge in [0.25, 0.3) is 0 Å². The number of aromatic amines is 1. The van der Waals surface area contributed by atoms with Gasteiger partial charge >= 0.3 is 5.97 Å². The summed E-state index contributed by atoms with van der Waals surface area (Å²) in [6.07, 6.45) is 0.470. The molecule has 0 unspecified atom stereocenters. The molecule has 0 bridgehead atoms.